The van der Waals surface area contributed by atoms with Crippen molar-refractivity contribution in [2.24, 2.45) is 0 Å². The Labute approximate surface area is 168 Å². The Morgan fingerprint density at radius 1 is 1.14 bits per heavy atom. The van der Waals surface area contributed by atoms with Crippen LogP contribution in [0.2, 0.25) is 0 Å². The van der Waals surface area contributed by atoms with E-state index in [1.165, 1.54) is 38.1 Å². The minimum absolute atomic E-state index is 0.173. The van der Waals surface area contributed by atoms with Crippen LogP contribution in [0.1, 0.15) is 22.8 Å². The van der Waals surface area contributed by atoms with Crippen LogP contribution in [0.4, 0.5) is 4.39 Å². The van der Waals surface area contributed by atoms with Gasteiger partial charge in [0.1, 0.15) is 18.1 Å². The number of hydrogen-bond donors (Lipinski definition) is 1. The summed E-state index contributed by atoms with van der Waals surface area (Å²) in [5.41, 5.74) is 0.976. The second kappa shape index (κ2) is 10.2. The largest absolute Gasteiger partial charge is 0.497 e. The molecule has 7 nitrogen and oxygen atoms in total. The van der Waals surface area contributed by atoms with E-state index in [0.717, 1.165) is 0 Å². The lowest BCUT2D eigenvalue weighted by molar-refractivity contribution is -0.157. The lowest BCUT2D eigenvalue weighted by Crippen LogP contribution is -2.39. The minimum Gasteiger partial charge on any atom is -0.497 e. The van der Waals surface area contributed by atoms with Gasteiger partial charge in [-0.25, -0.2) is 4.39 Å². The van der Waals surface area contributed by atoms with Gasteiger partial charge in [-0.3, -0.25) is 14.4 Å². The maximum atomic E-state index is 13.2. The Balaban J connectivity index is 1.80. The zero-order valence-electron chi connectivity index (χ0n) is 16.5. The second-order valence-corrected chi connectivity index (χ2v) is 6.37. The van der Waals surface area contributed by atoms with E-state index in [0.29, 0.717) is 16.9 Å². The lowest BCUT2D eigenvalue weighted by Gasteiger charge is -2.21. The van der Waals surface area contributed by atoms with Gasteiger partial charge in [-0.1, -0.05) is 12.1 Å². The van der Waals surface area contributed by atoms with Gasteiger partial charge in [0.25, 0.3) is 11.8 Å². The SMILES string of the molecule is COc1ccc(C(=O)NCC(=O)O[C@@H](C)C(=O)N(C)Cc2cccc(F)c2)cc1. The highest BCUT2D eigenvalue weighted by Gasteiger charge is 2.22. The number of ether oxygens (including phenoxy) is 2. The van der Waals surface area contributed by atoms with Crippen LogP contribution in [0.25, 0.3) is 0 Å². The number of amides is 2. The number of rotatable bonds is 8. The molecule has 0 fully saturated rings. The van der Waals surface area contributed by atoms with Gasteiger partial charge < -0.3 is 19.7 Å². The highest BCUT2D eigenvalue weighted by Crippen LogP contribution is 2.11. The van der Waals surface area contributed by atoms with Crippen LogP contribution in [-0.4, -0.2) is 49.5 Å². The number of esters is 1. The number of benzene rings is 2. The van der Waals surface area contributed by atoms with Gasteiger partial charge in [0, 0.05) is 19.2 Å². The van der Waals surface area contributed by atoms with E-state index in [9.17, 15) is 18.8 Å². The minimum atomic E-state index is -1.04. The van der Waals surface area contributed by atoms with Gasteiger partial charge in [0.2, 0.25) is 0 Å². The van der Waals surface area contributed by atoms with Crippen molar-refractivity contribution < 1.29 is 28.2 Å². The van der Waals surface area contributed by atoms with E-state index in [2.05, 4.69) is 5.32 Å². The van der Waals surface area contributed by atoms with Crippen molar-refractivity contribution in [3.8, 4) is 5.75 Å². The first-order valence-corrected chi connectivity index (χ1v) is 8.91. The van der Waals surface area contributed by atoms with Crippen molar-refractivity contribution in [1.29, 1.82) is 0 Å². The number of nitrogens with zero attached hydrogens (tertiary/aromatic N) is 1. The molecule has 0 unspecified atom stereocenters. The van der Waals surface area contributed by atoms with Crippen molar-refractivity contribution in [1.82, 2.24) is 10.2 Å². The smallest absolute Gasteiger partial charge is 0.326 e. The zero-order valence-corrected chi connectivity index (χ0v) is 16.5. The van der Waals surface area contributed by atoms with E-state index >= 15 is 0 Å². The fourth-order valence-electron chi connectivity index (χ4n) is 2.58. The van der Waals surface area contributed by atoms with Crippen LogP contribution in [0.5, 0.6) is 5.75 Å². The quantitative estimate of drug-likeness (QED) is 0.684. The molecule has 2 aromatic carbocycles. The first-order chi connectivity index (χ1) is 13.8. The molecule has 29 heavy (non-hydrogen) atoms. The molecule has 0 aliphatic heterocycles. The summed E-state index contributed by atoms with van der Waals surface area (Å²) in [5, 5.41) is 2.43. The topological polar surface area (TPSA) is 84.9 Å². The molecule has 0 heterocycles. The first-order valence-electron chi connectivity index (χ1n) is 8.91. The molecule has 2 aromatic rings. The third-order valence-electron chi connectivity index (χ3n) is 4.09. The number of methoxy groups -OCH3 is 1. The van der Waals surface area contributed by atoms with Crippen molar-refractivity contribution >= 4 is 17.8 Å². The van der Waals surface area contributed by atoms with Crippen molar-refractivity contribution in [3.05, 3.63) is 65.5 Å². The second-order valence-electron chi connectivity index (χ2n) is 6.37. The molecule has 0 aromatic heterocycles. The molecule has 1 atom stereocenters. The van der Waals surface area contributed by atoms with Crippen molar-refractivity contribution in [2.75, 3.05) is 20.7 Å². The molecule has 0 aliphatic rings. The third kappa shape index (κ3) is 6.60. The van der Waals surface area contributed by atoms with Crippen LogP contribution < -0.4 is 10.1 Å². The number of carbonyl (C=O) groups excluding carboxylic acids is 3. The molecule has 1 N–H and O–H groups in total. The van der Waals surface area contributed by atoms with Crippen LogP contribution in [0.3, 0.4) is 0 Å². The molecule has 0 saturated carbocycles. The molecule has 0 radical (unpaired) electrons. The van der Waals surface area contributed by atoms with Crippen LogP contribution in [0, 0.1) is 5.82 Å². The monoisotopic (exact) mass is 402 g/mol. The molecular formula is C21H23FN2O5. The molecule has 0 spiro atoms. The van der Waals surface area contributed by atoms with Gasteiger partial charge in [-0.2, -0.15) is 0 Å². The third-order valence-corrected chi connectivity index (χ3v) is 4.09. The summed E-state index contributed by atoms with van der Waals surface area (Å²) in [6.07, 6.45) is -1.04. The predicted molar refractivity (Wildman–Crippen MR) is 104 cm³/mol. The zero-order chi connectivity index (χ0) is 21.4. The van der Waals surface area contributed by atoms with E-state index in [1.807, 2.05) is 0 Å². The first kappa shape index (κ1) is 21.9. The molecule has 8 heteroatoms. The fraction of sp³-hybridized carbons (Fsp3) is 0.286. The van der Waals surface area contributed by atoms with Crippen LogP contribution in [0.15, 0.2) is 48.5 Å². The summed E-state index contributed by atoms with van der Waals surface area (Å²) in [6.45, 7) is 1.23. The average molecular weight is 402 g/mol. The van der Waals surface area contributed by atoms with Gasteiger partial charge >= 0.3 is 5.97 Å². The Morgan fingerprint density at radius 2 is 1.83 bits per heavy atom. The number of likely N-dealkylation sites (N-methyl/N-ethyl adjacent to an activating group) is 1. The van der Waals surface area contributed by atoms with E-state index in [1.54, 1.807) is 36.4 Å². The van der Waals surface area contributed by atoms with Gasteiger partial charge in [0.05, 0.1) is 7.11 Å². The summed E-state index contributed by atoms with van der Waals surface area (Å²) in [7, 11) is 3.05. The van der Waals surface area contributed by atoms with E-state index in [-0.39, 0.29) is 13.1 Å². The molecule has 0 bridgehead atoms. The van der Waals surface area contributed by atoms with Crippen molar-refractivity contribution in [3.63, 3.8) is 0 Å². The number of halogens is 1. The summed E-state index contributed by atoms with van der Waals surface area (Å²) >= 11 is 0. The number of carbonyl (C=O) groups is 3. The number of nitrogens with one attached hydrogen (secondary N) is 1. The normalized spacial score (nSPS) is 11.3. The van der Waals surface area contributed by atoms with E-state index < -0.39 is 29.7 Å². The summed E-state index contributed by atoms with van der Waals surface area (Å²) in [4.78, 5) is 37.7. The Kier molecular flexibility index (Phi) is 7.70. The standard InChI is InChI=1S/C21H23FN2O5/c1-14(21(27)24(2)13-15-5-4-6-17(22)11-15)29-19(25)12-23-20(26)16-7-9-18(28-3)10-8-16/h4-11,14H,12-13H2,1-3H3,(H,23,26)/t14-/m0/s1. The maximum absolute atomic E-state index is 13.2. The average Bonchev–Trinajstić information content (AvgIpc) is 2.71. The molecule has 0 saturated heterocycles. The highest BCUT2D eigenvalue weighted by molar-refractivity contribution is 5.96. The molecular weight excluding hydrogens is 379 g/mol. The molecule has 2 rings (SSSR count). The maximum Gasteiger partial charge on any atom is 0.326 e. The predicted octanol–water partition coefficient (Wildman–Crippen LogP) is 2.15. The highest BCUT2D eigenvalue weighted by atomic mass is 19.1. The van der Waals surface area contributed by atoms with Crippen LogP contribution in [-0.2, 0) is 20.9 Å². The van der Waals surface area contributed by atoms with Gasteiger partial charge in [-0.15, -0.1) is 0 Å². The Hall–Kier alpha value is -3.42. The lowest BCUT2D eigenvalue weighted by atomic mass is 10.2. The summed E-state index contributed by atoms with van der Waals surface area (Å²) < 4.78 is 23.3. The summed E-state index contributed by atoms with van der Waals surface area (Å²) in [5.74, 6) is -1.42. The van der Waals surface area contributed by atoms with E-state index in [4.69, 9.17) is 9.47 Å². The van der Waals surface area contributed by atoms with Crippen LogP contribution >= 0.6 is 0 Å². The Morgan fingerprint density at radius 3 is 2.45 bits per heavy atom. The Bertz CT molecular complexity index is 870. The number of hydrogen-bond acceptors (Lipinski definition) is 5. The fourth-order valence-corrected chi connectivity index (χ4v) is 2.58. The molecule has 2 amide bonds. The summed E-state index contributed by atoms with van der Waals surface area (Å²) in [6, 6.07) is 12.3. The van der Waals surface area contributed by atoms with Crippen molar-refractivity contribution in [2.45, 2.75) is 19.6 Å². The van der Waals surface area contributed by atoms with Gasteiger partial charge in [-0.05, 0) is 48.9 Å². The molecule has 0 aliphatic carbocycles. The molecule has 154 valence electrons. The van der Waals surface area contributed by atoms with Gasteiger partial charge in [0.15, 0.2) is 6.10 Å².